The van der Waals surface area contributed by atoms with Crippen LogP contribution < -0.4 is 5.73 Å². The summed E-state index contributed by atoms with van der Waals surface area (Å²) in [4.78, 5) is 9.57. The SMILES string of the molecule is CCSc1ccc(-c2noc(-c3ccncc3N)n2)cc1. The molecule has 0 unspecified atom stereocenters. The molecule has 0 saturated heterocycles. The Labute approximate surface area is 126 Å². The third-order valence-electron chi connectivity index (χ3n) is 2.93. The van der Waals surface area contributed by atoms with E-state index in [4.69, 9.17) is 10.3 Å². The van der Waals surface area contributed by atoms with Crippen molar-refractivity contribution in [2.75, 3.05) is 11.5 Å². The minimum Gasteiger partial charge on any atom is -0.397 e. The van der Waals surface area contributed by atoms with Crippen molar-refractivity contribution in [2.24, 2.45) is 0 Å². The summed E-state index contributed by atoms with van der Waals surface area (Å²) in [7, 11) is 0. The summed E-state index contributed by atoms with van der Waals surface area (Å²) >= 11 is 1.80. The lowest BCUT2D eigenvalue weighted by molar-refractivity contribution is 0.432. The molecule has 6 heteroatoms. The highest BCUT2D eigenvalue weighted by molar-refractivity contribution is 7.99. The molecule has 3 aromatic rings. The summed E-state index contributed by atoms with van der Waals surface area (Å²) in [5, 5.41) is 4.01. The minimum atomic E-state index is 0.400. The Morgan fingerprint density at radius 3 is 2.71 bits per heavy atom. The molecule has 0 amide bonds. The number of nitrogens with two attached hydrogens (primary N) is 1. The third kappa shape index (κ3) is 2.90. The van der Waals surface area contributed by atoms with Crippen LogP contribution in [0.4, 0.5) is 5.69 Å². The van der Waals surface area contributed by atoms with Crippen molar-refractivity contribution in [3.05, 3.63) is 42.7 Å². The molecule has 0 bridgehead atoms. The molecule has 2 aromatic heterocycles. The predicted molar refractivity (Wildman–Crippen MR) is 83.8 cm³/mol. The second-order valence-electron chi connectivity index (χ2n) is 4.34. The van der Waals surface area contributed by atoms with Crippen LogP contribution in [0.1, 0.15) is 6.92 Å². The average molecular weight is 298 g/mol. The molecule has 0 radical (unpaired) electrons. The maximum absolute atomic E-state index is 5.86. The van der Waals surface area contributed by atoms with Gasteiger partial charge in [0.05, 0.1) is 17.4 Å². The molecule has 0 fully saturated rings. The van der Waals surface area contributed by atoms with Crippen molar-refractivity contribution >= 4 is 17.4 Å². The van der Waals surface area contributed by atoms with Gasteiger partial charge in [0.2, 0.25) is 5.82 Å². The molecule has 21 heavy (non-hydrogen) atoms. The molecule has 0 atom stereocenters. The van der Waals surface area contributed by atoms with Crippen molar-refractivity contribution in [3.63, 3.8) is 0 Å². The van der Waals surface area contributed by atoms with Gasteiger partial charge in [-0.2, -0.15) is 4.98 Å². The summed E-state index contributed by atoms with van der Waals surface area (Å²) in [6, 6.07) is 9.85. The molecule has 3 rings (SSSR count). The fourth-order valence-electron chi connectivity index (χ4n) is 1.92. The van der Waals surface area contributed by atoms with Crippen molar-refractivity contribution in [1.82, 2.24) is 15.1 Å². The molecule has 0 spiro atoms. The number of thioether (sulfide) groups is 1. The summed E-state index contributed by atoms with van der Waals surface area (Å²) in [5.74, 6) is 2.00. The van der Waals surface area contributed by atoms with Gasteiger partial charge in [-0.1, -0.05) is 12.1 Å². The zero-order valence-corrected chi connectivity index (χ0v) is 12.3. The fourth-order valence-corrected chi connectivity index (χ4v) is 2.58. The first-order chi connectivity index (χ1) is 10.3. The van der Waals surface area contributed by atoms with Gasteiger partial charge in [-0.05, 0) is 36.1 Å². The van der Waals surface area contributed by atoms with Crippen LogP contribution in [0.5, 0.6) is 0 Å². The molecule has 0 aliphatic rings. The van der Waals surface area contributed by atoms with Crippen LogP contribution in [0.3, 0.4) is 0 Å². The monoisotopic (exact) mass is 298 g/mol. The summed E-state index contributed by atoms with van der Waals surface area (Å²) in [6.07, 6.45) is 3.21. The Morgan fingerprint density at radius 2 is 2.00 bits per heavy atom. The van der Waals surface area contributed by atoms with Crippen LogP contribution >= 0.6 is 11.8 Å². The van der Waals surface area contributed by atoms with Crippen LogP contribution in [0.15, 0.2) is 52.1 Å². The van der Waals surface area contributed by atoms with Crippen LogP contribution in [0.2, 0.25) is 0 Å². The molecular weight excluding hydrogens is 284 g/mol. The number of nitrogen functional groups attached to an aromatic ring is 1. The highest BCUT2D eigenvalue weighted by Crippen LogP contribution is 2.27. The molecule has 106 valence electrons. The van der Waals surface area contributed by atoms with E-state index in [-0.39, 0.29) is 0 Å². The van der Waals surface area contributed by atoms with Crippen molar-refractivity contribution in [1.29, 1.82) is 0 Å². The van der Waals surface area contributed by atoms with Crippen LogP contribution in [0.25, 0.3) is 22.8 Å². The topological polar surface area (TPSA) is 77.8 Å². The van der Waals surface area contributed by atoms with E-state index in [0.29, 0.717) is 23.0 Å². The zero-order chi connectivity index (χ0) is 14.7. The second-order valence-corrected chi connectivity index (χ2v) is 5.68. The number of anilines is 1. The lowest BCUT2D eigenvalue weighted by atomic mass is 10.2. The number of hydrogen-bond acceptors (Lipinski definition) is 6. The van der Waals surface area contributed by atoms with Crippen LogP contribution in [-0.2, 0) is 0 Å². The van der Waals surface area contributed by atoms with Gasteiger partial charge in [0.25, 0.3) is 5.89 Å². The van der Waals surface area contributed by atoms with Gasteiger partial charge in [-0.15, -0.1) is 11.8 Å². The van der Waals surface area contributed by atoms with Crippen LogP contribution in [-0.4, -0.2) is 20.9 Å². The molecule has 5 nitrogen and oxygen atoms in total. The summed E-state index contributed by atoms with van der Waals surface area (Å²) < 4.78 is 5.29. The lowest BCUT2D eigenvalue weighted by Crippen LogP contribution is -1.90. The number of nitrogens with zero attached hydrogens (tertiary/aromatic N) is 3. The number of aromatic nitrogens is 3. The Hall–Kier alpha value is -2.34. The first-order valence-corrected chi connectivity index (χ1v) is 7.53. The summed E-state index contributed by atoms with van der Waals surface area (Å²) in [6.45, 7) is 2.13. The Bertz CT molecular complexity index is 739. The predicted octanol–water partition coefficient (Wildman–Crippen LogP) is 3.49. The molecule has 0 aliphatic carbocycles. The van der Waals surface area contributed by atoms with Crippen molar-refractivity contribution in [2.45, 2.75) is 11.8 Å². The average Bonchev–Trinajstić information content (AvgIpc) is 2.98. The number of pyridine rings is 1. The van der Waals surface area contributed by atoms with Gasteiger partial charge < -0.3 is 10.3 Å². The number of hydrogen-bond donors (Lipinski definition) is 1. The van der Waals surface area contributed by atoms with E-state index < -0.39 is 0 Å². The molecule has 2 heterocycles. The van der Waals surface area contributed by atoms with E-state index in [0.717, 1.165) is 11.3 Å². The van der Waals surface area contributed by atoms with Gasteiger partial charge in [-0.25, -0.2) is 0 Å². The van der Waals surface area contributed by atoms with E-state index in [1.165, 1.54) is 4.90 Å². The lowest BCUT2D eigenvalue weighted by Gasteiger charge is -1.99. The quantitative estimate of drug-likeness (QED) is 0.743. The van der Waals surface area contributed by atoms with E-state index in [9.17, 15) is 0 Å². The Kier molecular flexibility index (Phi) is 3.87. The Balaban J connectivity index is 1.89. The molecular formula is C15H14N4OS. The molecule has 0 aliphatic heterocycles. The number of benzene rings is 1. The fraction of sp³-hybridized carbons (Fsp3) is 0.133. The van der Waals surface area contributed by atoms with Gasteiger partial charge in [-0.3, -0.25) is 4.98 Å². The van der Waals surface area contributed by atoms with Gasteiger partial charge in [0, 0.05) is 16.7 Å². The van der Waals surface area contributed by atoms with Gasteiger partial charge in [0.15, 0.2) is 0 Å². The maximum atomic E-state index is 5.86. The first kappa shape index (κ1) is 13.6. The van der Waals surface area contributed by atoms with Crippen molar-refractivity contribution < 1.29 is 4.52 Å². The van der Waals surface area contributed by atoms with E-state index in [1.54, 1.807) is 30.2 Å². The first-order valence-electron chi connectivity index (χ1n) is 6.54. The van der Waals surface area contributed by atoms with Crippen LogP contribution in [0, 0.1) is 0 Å². The highest BCUT2D eigenvalue weighted by Gasteiger charge is 2.12. The maximum Gasteiger partial charge on any atom is 0.260 e. The normalized spacial score (nSPS) is 10.7. The van der Waals surface area contributed by atoms with E-state index >= 15 is 0 Å². The molecule has 0 saturated carbocycles. The zero-order valence-electron chi connectivity index (χ0n) is 11.5. The van der Waals surface area contributed by atoms with Gasteiger partial charge >= 0.3 is 0 Å². The van der Waals surface area contributed by atoms with Crippen molar-refractivity contribution in [3.8, 4) is 22.8 Å². The highest BCUT2D eigenvalue weighted by atomic mass is 32.2. The smallest absolute Gasteiger partial charge is 0.260 e. The summed E-state index contributed by atoms with van der Waals surface area (Å²) in [5.41, 5.74) is 7.99. The standard InChI is InChI=1S/C15H14N4OS/c1-2-21-11-5-3-10(4-6-11)14-18-15(20-19-14)12-7-8-17-9-13(12)16/h3-9H,2,16H2,1H3. The van der Waals surface area contributed by atoms with Gasteiger partial charge in [0.1, 0.15) is 0 Å². The number of rotatable bonds is 4. The Morgan fingerprint density at radius 1 is 1.19 bits per heavy atom. The second kappa shape index (κ2) is 5.97. The largest absolute Gasteiger partial charge is 0.397 e. The van der Waals surface area contributed by atoms with E-state index in [1.807, 2.05) is 12.1 Å². The molecule has 2 N–H and O–H groups in total. The molecule has 1 aromatic carbocycles. The third-order valence-corrected chi connectivity index (χ3v) is 3.83. The minimum absolute atomic E-state index is 0.400. The van der Waals surface area contributed by atoms with E-state index in [2.05, 4.69) is 34.2 Å².